The summed E-state index contributed by atoms with van der Waals surface area (Å²) in [5.41, 5.74) is 2.27. The monoisotopic (exact) mass is 399 g/mol. The van der Waals surface area contributed by atoms with Gasteiger partial charge in [-0.25, -0.2) is 0 Å². The van der Waals surface area contributed by atoms with Crippen LogP contribution in [0.4, 0.5) is 17.1 Å². The minimum Gasteiger partial charge on any atom is -0.378 e. The molecular weight excluding hydrogens is 378 g/mol. The van der Waals surface area contributed by atoms with Gasteiger partial charge < -0.3 is 15.1 Å². The Kier molecular flexibility index (Phi) is 5.09. The number of rotatable bonds is 6. The summed E-state index contributed by atoms with van der Waals surface area (Å²) in [5, 5.41) is 8.07. The first-order valence-corrected chi connectivity index (χ1v) is 9.73. The zero-order chi connectivity index (χ0) is 19.7. The summed E-state index contributed by atoms with van der Waals surface area (Å²) in [6.07, 6.45) is 1.75. The molecule has 1 aliphatic heterocycles. The van der Waals surface area contributed by atoms with Gasteiger partial charge in [0.25, 0.3) is 10.9 Å². The number of nitrogens with zero attached hydrogens (tertiary/aromatic N) is 4. The van der Waals surface area contributed by atoms with Gasteiger partial charge in [-0.05, 0) is 31.2 Å². The largest absolute Gasteiger partial charge is 0.378 e. The van der Waals surface area contributed by atoms with Crippen LogP contribution in [0.2, 0.25) is 5.02 Å². The number of halogens is 1. The fraction of sp³-hybridized carbons (Fsp3) is 0.350. The van der Waals surface area contributed by atoms with Crippen molar-refractivity contribution in [1.29, 1.82) is 0 Å². The van der Waals surface area contributed by atoms with E-state index >= 15 is 0 Å². The van der Waals surface area contributed by atoms with E-state index < -0.39 is 10.9 Å². The predicted octanol–water partition coefficient (Wildman–Crippen LogP) is 1.88. The second kappa shape index (κ2) is 7.67. The molecule has 1 N–H and O–H groups in total. The van der Waals surface area contributed by atoms with Crippen LogP contribution in [0.5, 0.6) is 0 Å². The molecule has 1 aliphatic rings. The smallest absolute Gasteiger partial charge is 0.253 e. The molecule has 3 aromatic rings. The van der Waals surface area contributed by atoms with Gasteiger partial charge in [0.15, 0.2) is 0 Å². The summed E-state index contributed by atoms with van der Waals surface area (Å²) < 4.78 is 1.86. The summed E-state index contributed by atoms with van der Waals surface area (Å²) in [6, 6.07) is 9.70. The van der Waals surface area contributed by atoms with Gasteiger partial charge in [0.1, 0.15) is 11.4 Å². The van der Waals surface area contributed by atoms with Crippen molar-refractivity contribution >= 4 is 28.7 Å². The Morgan fingerprint density at radius 3 is 2.50 bits per heavy atom. The lowest BCUT2D eigenvalue weighted by molar-refractivity contribution is 0.618. The topological polar surface area (TPSA) is 70.5 Å². The van der Waals surface area contributed by atoms with Crippen molar-refractivity contribution in [1.82, 2.24) is 9.78 Å². The third-order valence-corrected chi connectivity index (χ3v) is 5.44. The average molecular weight is 400 g/mol. The summed E-state index contributed by atoms with van der Waals surface area (Å²) >= 11 is 6.08. The molecule has 0 unspecified atom stereocenters. The normalized spacial score (nSPS) is 14.6. The van der Waals surface area contributed by atoms with Gasteiger partial charge in [0, 0.05) is 55.3 Å². The molecule has 2 aromatic carbocycles. The van der Waals surface area contributed by atoms with Crippen molar-refractivity contribution in [2.45, 2.75) is 13.5 Å². The zero-order valence-corrected chi connectivity index (χ0v) is 16.4. The molecule has 0 saturated carbocycles. The van der Waals surface area contributed by atoms with Crippen molar-refractivity contribution < 1.29 is 0 Å². The molecule has 146 valence electrons. The van der Waals surface area contributed by atoms with Crippen LogP contribution in [0.1, 0.15) is 5.69 Å². The second-order valence-electron chi connectivity index (χ2n) is 6.96. The highest BCUT2D eigenvalue weighted by atomic mass is 35.5. The maximum Gasteiger partial charge on any atom is 0.253 e. The molecule has 28 heavy (non-hydrogen) atoms. The molecule has 0 aliphatic carbocycles. The van der Waals surface area contributed by atoms with Crippen LogP contribution in [-0.4, -0.2) is 42.5 Å². The standard InChI is InChI=1S/C20H22ClN5O2/c1-14-5-6-23-26(14)8-7-22-17-18(20(28)19(17)27)25-11-9-24(10-12-25)16-4-2-3-15(21)13-16/h2-6,13,22H,7-12H2,1H3. The molecule has 7 nitrogen and oxygen atoms in total. The Morgan fingerprint density at radius 2 is 1.82 bits per heavy atom. The quantitative estimate of drug-likeness (QED) is 0.638. The number of aromatic nitrogens is 2. The third-order valence-electron chi connectivity index (χ3n) is 5.21. The van der Waals surface area contributed by atoms with E-state index in [1.165, 1.54) is 0 Å². The van der Waals surface area contributed by atoms with Crippen molar-refractivity contribution in [3.63, 3.8) is 0 Å². The lowest BCUT2D eigenvalue weighted by atomic mass is 10.1. The van der Waals surface area contributed by atoms with Crippen LogP contribution in [0, 0.1) is 6.92 Å². The number of hydrogen-bond donors (Lipinski definition) is 1. The molecular formula is C20H22ClN5O2. The first-order chi connectivity index (χ1) is 13.5. The van der Waals surface area contributed by atoms with Crippen LogP contribution in [0.3, 0.4) is 0 Å². The van der Waals surface area contributed by atoms with E-state index in [1.807, 2.05) is 46.8 Å². The molecule has 1 aromatic heterocycles. The summed E-state index contributed by atoms with van der Waals surface area (Å²) in [7, 11) is 0. The number of nitrogens with one attached hydrogen (secondary N) is 1. The molecule has 0 atom stereocenters. The first kappa shape index (κ1) is 18.6. The number of hydrogen-bond acceptors (Lipinski definition) is 6. The lowest BCUT2D eigenvalue weighted by Gasteiger charge is -2.38. The first-order valence-electron chi connectivity index (χ1n) is 9.35. The molecule has 8 heteroatoms. The SMILES string of the molecule is Cc1ccnn1CCNc1c(N2CCN(c3cccc(Cl)c3)CC2)c(=O)c1=O. The van der Waals surface area contributed by atoms with Crippen molar-refractivity contribution in [3.05, 3.63) is 67.7 Å². The van der Waals surface area contributed by atoms with Crippen LogP contribution in [0.15, 0.2) is 46.1 Å². The van der Waals surface area contributed by atoms with E-state index in [0.717, 1.165) is 24.5 Å². The van der Waals surface area contributed by atoms with E-state index in [1.54, 1.807) is 6.20 Å². The summed E-state index contributed by atoms with van der Waals surface area (Å²) in [5.74, 6) is 0. The third kappa shape index (κ3) is 3.49. The summed E-state index contributed by atoms with van der Waals surface area (Å²) in [4.78, 5) is 28.5. The Labute approximate surface area is 167 Å². The van der Waals surface area contributed by atoms with Crippen molar-refractivity contribution in [3.8, 4) is 0 Å². The van der Waals surface area contributed by atoms with Gasteiger partial charge >= 0.3 is 0 Å². The van der Waals surface area contributed by atoms with E-state index in [4.69, 9.17) is 11.6 Å². The minimum atomic E-state index is -0.426. The van der Waals surface area contributed by atoms with E-state index in [2.05, 4.69) is 15.3 Å². The van der Waals surface area contributed by atoms with E-state index in [0.29, 0.717) is 42.6 Å². The predicted molar refractivity (Wildman–Crippen MR) is 113 cm³/mol. The maximum atomic E-state index is 12.2. The molecule has 1 saturated heterocycles. The Balaban J connectivity index is 1.39. The van der Waals surface area contributed by atoms with Crippen LogP contribution < -0.4 is 26.0 Å². The Hall–Kier alpha value is -2.80. The summed E-state index contributed by atoms with van der Waals surface area (Å²) in [6.45, 7) is 6.07. The highest BCUT2D eigenvalue weighted by Crippen LogP contribution is 2.25. The van der Waals surface area contributed by atoms with Gasteiger partial charge in [0.2, 0.25) is 0 Å². The van der Waals surface area contributed by atoms with Gasteiger partial charge in [-0.1, -0.05) is 17.7 Å². The van der Waals surface area contributed by atoms with E-state index in [-0.39, 0.29) is 0 Å². The average Bonchev–Trinajstić information content (AvgIpc) is 3.12. The van der Waals surface area contributed by atoms with Crippen LogP contribution in [0.25, 0.3) is 0 Å². The molecule has 0 amide bonds. The zero-order valence-electron chi connectivity index (χ0n) is 15.7. The molecule has 0 spiro atoms. The van der Waals surface area contributed by atoms with Crippen LogP contribution in [-0.2, 0) is 6.54 Å². The highest BCUT2D eigenvalue weighted by Gasteiger charge is 2.28. The van der Waals surface area contributed by atoms with Gasteiger partial charge in [-0.15, -0.1) is 0 Å². The minimum absolute atomic E-state index is 0.394. The van der Waals surface area contributed by atoms with Crippen LogP contribution >= 0.6 is 11.6 Å². The van der Waals surface area contributed by atoms with Gasteiger partial charge in [-0.2, -0.15) is 5.10 Å². The number of benzene rings is 1. The molecule has 0 bridgehead atoms. The van der Waals surface area contributed by atoms with Gasteiger partial charge in [-0.3, -0.25) is 14.3 Å². The second-order valence-corrected chi connectivity index (χ2v) is 7.39. The molecule has 2 heterocycles. The maximum absolute atomic E-state index is 12.2. The molecule has 4 rings (SSSR count). The highest BCUT2D eigenvalue weighted by molar-refractivity contribution is 6.30. The fourth-order valence-electron chi connectivity index (χ4n) is 3.63. The molecule has 0 radical (unpaired) electrons. The number of piperazine rings is 1. The fourth-order valence-corrected chi connectivity index (χ4v) is 3.81. The lowest BCUT2D eigenvalue weighted by Crippen LogP contribution is -2.51. The Bertz CT molecular complexity index is 1050. The van der Waals surface area contributed by atoms with E-state index in [9.17, 15) is 9.59 Å². The Morgan fingerprint density at radius 1 is 1.07 bits per heavy atom. The number of aryl methyl sites for hydroxylation is 1. The van der Waals surface area contributed by atoms with Gasteiger partial charge in [0.05, 0.1) is 6.54 Å². The number of anilines is 3. The molecule has 1 fully saturated rings. The van der Waals surface area contributed by atoms with Crippen molar-refractivity contribution in [2.75, 3.05) is 47.8 Å². The van der Waals surface area contributed by atoms with Crippen molar-refractivity contribution in [2.24, 2.45) is 0 Å².